The summed E-state index contributed by atoms with van der Waals surface area (Å²) < 4.78 is 42.1. The van der Waals surface area contributed by atoms with Gasteiger partial charge in [-0.3, -0.25) is 4.79 Å². The van der Waals surface area contributed by atoms with Crippen LogP contribution in [0.3, 0.4) is 0 Å². The second kappa shape index (κ2) is 7.61. The number of amides is 1. The summed E-state index contributed by atoms with van der Waals surface area (Å²) in [5, 5.41) is 2.61. The molecule has 3 N–H and O–H groups in total. The van der Waals surface area contributed by atoms with Crippen molar-refractivity contribution in [2.75, 3.05) is 30.3 Å². The lowest BCUT2D eigenvalue weighted by Gasteiger charge is -2.24. The molecule has 0 atom stereocenters. The number of nitrogens with one attached hydrogen (secondary N) is 1. The summed E-state index contributed by atoms with van der Waals surface area (Å²) in [6.45, 7) is 1.23. The van der Waals surface area contributed by atoms with Crippen molar-refractivity contribution in [3.8, 4) is 5.75 Å². The van der Waals surface area contributed by atoms with Crippen LogP contribution in [0.4, 0.5) is 24.5 Å². The molecular formula is C13H18F3N3O2. The number of alkyl halides is 2. The number of ether oxygens (including phenoxy) is 1. The third-order valence-electron chi connectivity index (χ3n) is 2.73. The number of anilines is 2. The zero-order valence-corrected chi connectivity index (χ0v) is 11.8. The fourth-order valence-electron chi connectivity index (χ4n) is 1.81. The van der Waals surface area contributed by atoms with Crippen LogP contribution >= 0.6 is 0 Å². The number of hydrogen-bond donors (Lipinski definition) is 2. The molecule has 8 heteroatoms. The van der Waals surface area contributed by atoms with Gasteiger partial charge in [0.05, 0.1) is 17.9 Å². The summed E-state index contributed by atoms with van der Waals surface area (Å²) in [5.74, 6) is -1.84. The maximum Gasteiger partial charge on any atom is 0.387 e. The number of carbonyl (C=O) groups is 1. The van der Waals surface area contributed by atoms with E-state index in [0.717, 1.165) is 12.1 Å². The second-order valence-electron chi connectivity index (χ2n) is 4.19. The highest BCUT2D eigenvalue weighted by Gasteiger charge is 2.18. The van der Waals surface area contributed by atoms with Gasteiger partial charge in [0.1, 0.15) is 0 Å². The first-order chi connectivity index (χ1) is 9.88. The number of nitrogen functional groups attached to an aromatic ring is 1. The largest absolute Gasteiger partial charge is 0.432 e. The first-order valence-corrected chi connectivity index (χ1v) is 6.44. The summed E-state index contributed by atoms with van der Waals surface area (Å²) in [6.07, 6.45) is 0. The number of nitrogens with two attached hydrogens (primary N) is 1. The lowest BCUT2D eigenvalue weighted by molar-refractivity contribution is -0.119. The number of benzene rings is 1. The quantitative estimate of drug-likeness (QED) is 0.756. The molecule has 0 bridgehead atoms. The SMILES string of the molecule is CCNC(=O)CN(CC)c1cc(OC(F)F)c(F)cc1N. The Morgan fingerprint density at radius 3 is 2.62 bits per heavy atom. The van der Waals surface area contributed by atoms with E-state index in [0.29, 0.717) is 13.1 Å². The van der Waals surface area contributed by atoms with Gasteiger partial charge in [0.2, 0.25) is 5.91 Å². The van der Waals surface area contributed by atoms with E-state index in [1.807, 2.05) is 0 Å². The van der Waals surface area contributed by atoms with Crippen molar-refractivity contribution in [3.63, 3.8) is 0 Å². The van der Waals surface area contributed by atoms with Crippen molar-refractivity contribution >= 4 is 17.3 Å². The van der Waals surface area contributed by atoms with Gasteiger partial charge in [0.15, 0.2) is 11.6 Å². The molecule has 0 saturated carbocycles. The Kier molecular flexibility index (Phi) is 6.13. The number of hydrogen-bond acceptors (Lipinski definition) is 4. The molecule has 118 valence electrons. The summed E-state index contributed by atoms with van der Waals surface area (Å²) in [7, 11) is 0. The fraction of sp³-hybridized carbons (Fsp3) is 0.462. The van der Waals surface area contributed by atoms with Crippen molar-refractivity contribution in [3.05, 3.63) is 17.9 Å². The van der Waals surface area contributed by atoms with E-state index in [1.165, 1.54) is 4.90 Å². The average Bonchev–Trinajstić information content (AvgIpc) is 2.39. The van der Waals surface area contributed by atoms with Crippen LogP contribution in [0, 0.1) is 5.82 Å². The Hall–Kier alpha value is -2.12. The van der Waals surface area contributed by atoms with Crippen molar-refractivity contribution in [2.24, 2.45) is 0 Å². The highest BCUT2D eigenvalue weighted by Crippen LogP contribution is 2.31. The summed E-state index contributed by atoms with van der Waals surface area (Å²) in [5.41, 5.74) is 6.00. The number of nitrogens with zero attached hydrogens (tertiary/aromatic N) is 1. The van der Waals surface area contributed by atoms with Gasteiger partial charge < -0.3 is 20.7 Å². The molecule has 1 rings (SSSR count). The molecule has 1 aromatic carbocycles. The van der Waals surface area contributed by atoms with Crippen LogP contribution in [0.2, 0.25) is 0 Å². The molecule has 0 aliphatic carbocycles. The zero-order chi connectivity index (χ0) is 16.0. The van der Waals surface area contributed by atoms with Crippen molar-refractivity contribution in [1.29, 1.82) is 0 Å². The second-order valence-corrected chi connectivity index (χ2v) is 4.19. The molecule has 21 heavy (non-hydrogen) atoms. The molecule has 5 nitrogen and oxygen atoms in total. The Morgan fingerprint density at radius 1 is 1.43 bits per heavy atom. The fourth-order valence-corrected chi connectivity index (χ4v) is 1.81. The zero-order valence-electron chi connectivity index (χ0n) is 11.8. The van der Waals surface area contributed by atoms with E-state index in [1.54, 1.807) is 13.8 Å². The molecule has 0 aliphatic rings. The summed E-state index contributed by atoms with van der Waals surface area (Å²) >= 11 is 0. The average molecular weight is 305 g/mol. The van der Waals surface area contributed by atoms with Crippen molar-refractivity contribution in [2.45, 2.75) is 20.5 Å². The Labute approximate surface area is 120 Å². The minimum Gasteiger partial charge on any atom is -0.432 e. The molecular weight excluding hydrogens is 287 g/mol. The lowest BCUT2D eigenvalue weighted by Crippen LogP contribution is -2.37. The van der Waals surface area contributed by atoms with Gasteiger partial charge in [0.25, 0.3) is 0 Å². The standard InChI is InChI=1S/C13H18F3N3O2/c1-3-18-12(20)7-19(4-2)10-6-11(21-13(15)16)8(14)5-9(10)17/h5-6,13H,3-4,7,17H2,1-2H3,(H,18,20). The van der Waals surface area contributed by atoms with E-state index in [2.05, 4.69) is 10.1 Å². The number of rotatable bonds is 7. The molecule has 0 aliphatic heterocycles. The van der Waals surface area contributed by atoms with Crippen LogP contribution in [0.15, 0.2) is 12.1 Å². The van der Waals surface area contributed by atoms with Crippen LogP contribution in [0.5, 0.6) is 5.75 Å². The maximum absolute atomic E-state index is 13.5. The normalized spacial score (nSPS) is 10.6. The summed E-state index contributed by atoms with van der Waals surface area (Å²) in [4.78, 5) is 13.1. The predicted molar refractivity (Wildman–Crippen MR) is 74.0 cm³/mol. The van der Waals surface area contributed by atoms with E-state index >= 15 is 0 Å². The molecule has 0 heterocycles. The molecule has 0 unspecified atom stereocenters. The van der Waals surface area contributed by atoms with Gasteiger partial charge >= 0.3 is 6.61 Å². The maximum atomic E-state index is 13.5. The molecule has 1 aromatic rings. The Balaban J connectivity index is 3.05. The summed E-state index contributed by atoms with van der Waals surface area (Å²) in [6, 6.07) is 1.97. The third-order valence-corrected chi connectivity index (χ3v) is 2.73. The predicted octanol–water partition coefficient (Wildman–Crippen LogP) is 1.97. The Morgan fingerprint density at radius 2 is 2.10 bits per heavy atom. The highest BCUT2D eigenvalue weighted by molar-refractivity contribution is 5.83. The van der Waals surface area contributed by atoms with Gasteiger partial charge in [0, 0.05) is 25.2 Å². The number of carbonyl (C=O) groups excluding carboxylic acids is 1. The first kappa shape index (κ1) is 16.9. The minimum atomic E-state index is -3.14. The molecule has 1 amide bonds. The van der Waals surface area contributed by atoms with E-state index in [9.17, 15) is 18.0 Å². The van der Waals surface area contributed by atoms with Gasteiger partial charge in [-0.2, -0.15) is 8.78 Å². The smallest absolute Gasteiger partial charge is 0.387 e. The molecule has 0 spiro atoms. The minimum absolute atomic E-state index is 0.0196. The number of halogens is 3. The molecule has 0 radical (unpaired) electrons. The van der Waals surface area contributed by atoms with Gasteiger partial charge in [-0.05, 0) is 13.8 Å². The van der Waals surface area contributed by atoms with Crippen LogP contribution in [0.25, 0.3) is 0 Å². The van der Waals surface area contributed by atoms with Gasteiger partial charge in [-0.1, -0.05) is 0 Å². The molecule has 0 fully saturated rings. The Bertz CT molecular complexity index is 498. The van der Waals surface area contributed by atoms with E-state index in [-0.39, 0.29) is 23.8 Å². The molecule has 0 saturated heterocycles. The van der Waals surface area contributed by atoms with Crippen LogP contribution in [-0.4, -0.2) is 32.2 Å². The third kappa shape index (κ3) is 4.73. The van der Waals surface area contributed by atoms with E-state index < -0.39 is 18.2 Å². The monoisotopic (exact) mass is 305 g/mol. The van der Waals surface area contributed by atoms with E-state index in [4.69, 9.17) is 5.73 Å². The van der Waals surface area contributed by atoms with Crippen molar-refractivity contribution in [1.82, 2.24) is 5.32 Å². The highest BCUT2D eigenvalue weighted by atomic mass is 19.3. The number of likely N-dealkylation sites (N-methyl/N-ethyl adjacent to an activating group) is 2. The molecule has 0 aromatic heterocycles. The van der Waals surface area contributed by atoms with Gasteiger partial charge in [-0.25, -0.2) is 4.39 Å². The lowest BCUT2D eigenvalue weighted by atomic mass is 10.2. The van der Waals surface area contributed by atoms with Gasteiger partial charge in [-0.15, -0.1) is 0 Å². The van der Waals surface area contributed by atoms with Crippen LogP contribution in [0.1, 0.15) is 13.8 Å². The topological polar surface area (TPSA) is 67.6 Å². The first-order valence-electron chi connectivity index (χ1n) is 6.44. The van der Waals surface area contributed by atoms with Crippen molar-refractivity contribution < 1.29 is 22.7 Å². The van der Waals surface area contributed by atoms with Crippen LogP contribution in [-0.2, 0) is 4.79 Å². The van der Waals surface area contributed by atoms with Crippen LogP contribution < -0.4 is 20.7 Å².